The van der Waals surface area contributed by atoms with Gasteiger partial charge in [-0.15, -0.1) is 0 Å². The van der Waals surface area contributed by atoms with Gasteiger partial charge in [-0.05, 0) is 37.2 Å². The van der Waals surface area contributed by atoms with Crippen LogP contribution in [-0.2, 0) is 11.2 Å². The van der Waals surface area contributed by atoms with Gasteiger partial charge < -0.3 is 10.6 Å². The summed E-state index contributed by atoms with van der Waals surface area (Å²) in [5.41, 5.74) is 2.24. The van der Waals surface area contributed by atoms with Crippen molar-refractivity contribution in [3.63, 3.8) is 0 Å². The molecule has 0 aliphatic rings. The monoisotopic (exact) mass is 272 g/mol. The van der Waals surface area contributed by atoms with Crippen molar-refractivity contribution in [3.05, 3.63) is 48.3 Å². The van der Waals surface area contributed by atoms with Gasteiger partial charge in [0.2, 0.25) is 5.91 Å². The molecule has 0 aliphatic heterocycles. The molecule has 5 heteroatoms. The van der Waals surface area contributed by atoms with Crippen LogP contribution < -0.4 is 10.6 Å². The second kappa shape index (κ2) is 7.45. The van der Waals surface area contributed by atoms with Crippen LogP contribution in [0.2, 0.25) is 0 Å². The van der Waals surface area contributed by atoms with E-state index in [0.29, 0.717) is 19.5 Å². The lowest BCUT2D eigenvalue weighted by molar-refractivity contribution is -0.120. The molecule has 0 saturated carbocycles. The Balaban J connectivity index is 1.78. The Morgan fingerprint density at radius 2 is 2.05 bits per heavy atom. The largest absolute Gasteiger partial charge is 0.356 e. The average Bonchev–Trinajstić information content (AvgIpc) is 3.00. The minimum Gasteiger partial charge on any atom is -0.356 e. The molecule has 0 unspecified atom stereocenters. The molecule has 1 heterocycles. The molecule has 2 N–H and O–H groups in total. The molecule has 0 radical (unpaired) electrons. The van der Waals surface area contributed by atoms with Gasteiger partial charge in [-0.1, -0.05) is 12.1 Å². The highest BCUT2D eigenvalue weighted by molar-refractivity contribution is 5.76. The minimum atomic E-state index is 0.0903. The molecule has 1 aromatic carbocycles. The van der Waals surface area contributed by atoms with Crippen LogP contribution in [0.1, 0.15) is 12.0 Å². The number of benzene rings is 1. The number of nitrogens with one attached hydrogen (secondary N) is 2. The number of aromatic nitrogens is 2. The molecule has 0 atom stereocenters. The summed E-state index contributed by atoms with van der Waals surface area (Å²) in [4.78, 5) is 11.4. The first kappa shape index (κ1) is 14.3. The maximum absolute atomic E-state index is 11.4. The van der Waals surface area contributed by atoms with Gasteiger partial charge in [0.05, 0.1) is 5.69 Å². The Kier molecular flexibility index (Phi) is 5.32. The van der Waals surface area contributed by atoms with Gasteiger partial charge in [-0.3, -0.25) is 4.79 Å². The van der Waals surface area contributed by atoms with Gasteiger partial charge in [-0.2, -0.15) is 5.10 Å². The van der Waals surface area contributed by atoms with Crippen LogP contribution in [0.3, 0.4) is 0 Å². The van der Waals surface area contributed by atoms with Crippen LogP contribution in [0.4, 0.5) is 0 Å². The van der Waals surface area contributed by atoms with Crippen LogP contribution in [0.5, 0.6) is 0 Å². The maximum Gasteiger partial charge on any atom is 0.221 e. The Morgan fingerprint density at radius 1 is 1.25 bits per heavy atom. The molecule has 2 aromatic rings. The molecule has 0 bridgehead atoms. The zero-order valence-corrected chi connectivity index (χ0v) is 11.7. The predicted octanol–water partition coefficient (Wildman–Crippen LogP) is 1.14. The molecule has 0 spiro atoms. The summed E-state index contributed by atoms with van der Waals surface area (Å²) in [7, 11) is 1.84. The van der Waals surface area contributed by atoms with Gasteiger partial charge in [0.1, 0.15) is 0 Å². The fourth-order valence-electron chi connectivity index (χ4n) is 1.91. The summed E-state index contributed by atoms with van der Waals surface area (Å²) in [5, 5.41) is 10.1. The van der Waals surface area contributed by atoms with E-state index in [1.807, 2.05) is 36.1 Å². The van der Waals surface area contributed by atoms with E-state index >= 15 is 0 Å². The Hall–Kier alpha value is -2.14. The Labute approximate surface area is 119 Å². The number of carbonyl (C=O) groups excluding carboxylic acids is 1. The highest BCUT2D eigenvalue weighted by Gasteiger charge is 2.00. The molecule has 2 rings (SSSR count). The molecule has 20 heavy (non-hydrogen) atoms. The lowest BCUT2D eigenvalue weighted by Gasteiger charge is -2.06. The second-order valence-corrected chi connectivity index (χ2v) is 4.57. The molecule has 1 amide bonds. The quantitative estimate of drug-likeness (QED) is 0.794. The van der Waals surface area contributed by atoms with Gasteiger partial charge in [0.15, 0.2) is 0 Å². The number of rotatable bonds is 7. The lowest BCUT2D eigenvalue weighted by Crippen LogP contribution is -2.28. The summed E-state index contributed by atoms with van der Waals surface area (Å²) in [6.45, 7) is 1.38. The molecule has 0 fully saturated rings. The number of hydrogen-bond donors (Lipinski definition) is 2. The third-order valence-corrected chi connectivity index (χ3v) is 3.04. The van der Waals surface area contributed by atoms with E-state index in [1.54, 1.807) is 6.20 Å². The molecule has 0 aliphatic carbocycles. The van der Waals surface area contributed by atoms with E-state index in [4.69, 9.17) is 0 Å². The topological polar surface area (TPSA) is 59.0 Å². The molecular formula is C15H20N4O. The van der Waals surface area contributed by atoms with Crippen molar-refractivity contribution in [1.29, 1.82) is 0 Å². The van der Waals surface area contributed by atoms with Crippen LogP contribution in [-0.4, -0.2) is 35.8 Å². The fraction of sp³-hybridized carbons (Fsp3) is 0.333. The van der Waals surface area contributed by atoms with E-state index in [0.717, 1.165) is 12.1 Å². The maximum atomic E-state index is 11.4. The van der Waals surface area contributed by atoms with Crippen molar-refractivity contribution in [3.8, 4) is 5.69 Å². The van der Waals surface area contributed by atoms with Crippen molar-refractivity contribution in [2.45, 2.75) is 12.8 Å². The van der Waals surface area contributed by atoms with Crippen molar-refractivity contribution in [2.75, 3.05) is 20.1 Å². The molecule has 5 nitrogen and oxygen atoms in total. The normalized spacial score (nSPS) is 10.4. The third kappa shape index (κ3) is 4.20. The van der Waals surface area contributed by atoms with E-state index in [1.165, 1.54) is 5.56 Å². The van der Waals surface area contributed by atoms with Crippen LogP contribution in [0, 0.1) is 0 Å². The summed E-state index contributed by atoms with van der Waals surface area (Å²) >= 11 is 0. The van der Waals surface area contributed by atoms with E-state index in [2.05, 4.69) is 27.9 Å². The van der Waals surface area contributed by atoms with Gasteiger partial charge in [-0.25, -0.2) is 4.68 Å². The first-order valence-electron chi connectivity index (χ1n) is 6.80. The van der Waals surface area contributed by atoms with E-state index < -0.39 is 0 Å². The average molecular weight is 272 g/mol. The standard InChI is InChI=1S/C15H20N4O/c1-16-10-8-15(20)17-11-7-13-3-5-14(6-4-13)19-12-2-9-18-19/h2-6,9,12,16H,7-8,10-11H2,1H3,(H,17,20). The first-order valence-corrected chi connectivity index (χ1v) is 6.80. The predicted molar refractivity (Wildman–Crippen MR) is 78.8 cm³/mol. The Morgan fingerprint density at radius 3 is 2.70 bits per heavy atom. The highest BCUT2D eigenvalue weighted by Crippen LogP contribution is 2.08. The molecule has 0 saturated heterocycles. The summed E-state index contributed by atoms with van der Waals surface area (Å²) in [5.74, 6) is 0.0903. The van der Waals surface area contributed by atoms with Crippen molar-refractivity contribution >= 4 is 5.91 Å². The minimum absolute atomic E-state index is 0.0903. The molecule has 106 valence electrons. The van der Waals surface area contributed by atoms with Crippen molar-refractivity contribution in [1.82, 2.24) is 20.4 Å². The van der Waals surface area contributed by atoms with E-state index in [-0.39, 0.29) is 5.91 Å². The SMILES string of the molecule is CNCCC(=O)NCCc1ccc(-n2cccn2)cc1. The number of carbonyl (C=O) groups is 1. The zero-order chi connectivity index (χ0) is 14.2. The molecule has 1 aromatic heterocycles. The first-order chi connectivity index (χ1) is 9.79. The van der Waals surface area contributed by atoms with Gasteiger partial charge >= 0.3 is 0 Å². The Bertz CT molecular complexity index is 519. The molecular weight excluding hydrogens is 252 g/mol. The van der Waals surface area contributed by atoms with Crippen molar-refractivity contribution in [2.24, 2.45) is 0 Å². The van der Waals surface area contributed by atoms with Crippen LogP contribution in [0.25, 0.3) is 5.69 Å². The summed E-state index contributed by atoms with van der Waals surface area (Å²) in [6, 6.07) is 10.1. The fourth-order valence-corrected chi connectivity index (χ4v) is 1.91. The number of nitrogens with zero attached hydrogens (tertiary/aromatic N) is 2. The highest BCUT2D eigenvalue weighted by atomic mass is 16.1. The van der Waals surface area contributed by atoms with E-state index in [9.17, 15) is 4.79 Å². The summed E-state index contributed by atoms with van der Waals surface area (Å²) in [6.07, 6.45) is 5.03. The zero-order valence-electron chi connectivity index (χ0n) is 11.7. The van der Waals surface area contributed by atoms with Crippen molar-refractivity contribution < 1.29 is 4.79 Å². The van der Waals surface area contributed by atoms with Crippen LogP contribution in [0.15, 0.2) is 42.7 Å². The smallest absolute Gasteiger partial charge is 0.221 e. The summed E-state index contributed by atoms with van der Waals surface area (Å²) < 4.78 is 1.82. The second-order valence-electron chi connectivity index (χ2n) is 4.57. The van der Waals surface area contributed by atoms with Gasteiger partial charge in [0.25, 0.3) is 0 Å². The number of amides is 1. The van der Waals surface area contributed by atoms with Crippen LogP contribution >= 0.6 is 0 Å². The van der Waals surface area contributed by atoms with Gasteiger partial charge in [0, 0.05) is 31.9 Å². The lowest BCUT2D eigenvalue weighted by atomic mass is 10.1. The third-order valence-electron chi connectivity index (χ3n) is 3.04. The number of hydrogen-bond acceptors (Lipinski definition) is 3.